The van der Waals surface area contributed by atoms with Crippen LogP contribution in [0.3, 0.4) is 0 Å². The topological polar surface area (TPSA) is 60.9 Å². The molecule has 0 spiro atoms. The van der Waals surface area contributed by atoms with E-state index in [0.29, 0.717) is 32.1 Å². The molecule has 3 rings (SSSR count). The maximum absolute atomic E-state index is 12.9. The zero-order valence-corrected chi connectivity index (χ0v) is 15.6. The van der Waals surface area contributed by atoms with Crippen LogP contribution in [-0.4, -0.2) is 71.2 Å². The van der Waals surface area contributed by atoms with Gasteiger partial charge in [-0.25, -0.2) is 0 Å². The second-order valence-electron chi connectivity index (χ2n) is 8.19. The van der Waals surface area contributed by atoms with Crippen LogP contribution in [0.2, 0.25) is 0 Å². The second kappa shape index (κ2) is 7.75. The zero-order chi connectivity index (χ0) is 18.0. The number of hydrogen-bond donors (Lipinski definition) is 0. The molecule has 25 heavy (non-hydrogen) atoms. The van der Waals surface area contributed by atoms with E-state index >= 15 is 0 Å². The summed E-state index contributed by atoms with van der Waals surface area (Å²) in [4.78, 5) is 43.6. The minimum atomic E-state index is -0.491. The van der Waals surface area contributed by atoms with E-state index in [2.05, 4.69) is 13.8 Å². The maximum Gasteiger partial charge on any atom is 0.247 e. The lowest BCUT2D eigenvalue weighted by Gasteiger charge is -2.41. The van der Waals surface area contributed by atoms with Gasteiger partial charge in [-0.05, 0) is 25.2 Å². The van der Waals surface area contributed by atoms with E-state index in [-0.39, 0.29) is 30.2 Å². The van der Waals surface area contributed by atoms with Gasteiger partial charge in [0.1, 0.15) is 6.04 Å². The number of fused-ring (bicyclic) bond motifs is 1. The molecule has 1 atom stereocenters. The summed E-state index contributed by atoms with van der Waals surface area (Å²) >= 11 is 0. The van der Waals surface area contributed by atoms with Crippen molar-refractivity contribution in [2.75, 3.05) is 32.7 Å². The number of carbonyl (C=O) groups is 3. The lowest BCUT2D eigenvalue weighted by molar-refractivity contribution is -0.157. The monoisotopic (exact) mass is 349 g/mol. The van der Waals surface area contributed by atoms with Crippen molar-refractivity contribution in [1.29, 1.82) is 0 Å². The molecule has 0 N–H and O–H groups in total. The van der Waals surface area contributed by atoms with Crippen molar-refractivity contribution in [3.05, 3.63) is 0 Å². The molecule has 0 aromatic heterocycles. The Bertz CT molecular complexity index is 528. The van der Waals surface area contributed by atoms with Crippen molar-refractivity contribution in [3.8, 4) is 0 Å². The van der Waals surface area contributed by atoms with Crippen LogP contribution in [0, 0.1) is 11.8 Å². The Morgan fingerprint density at radius 2 is 1.80 bits per heavy atom. The van der Waals surface area contributed by atoms with E-state index < -0.39 is 6.04 Å². The average Bonchev–Trinajstić information content (AvgIpc) is 2.82. The molecule has 1 saturated carbocycles. The molecular formula is C19H31N3O3. The highest BCUT2D eigenvalue weighted by Gasteiger charge is 2.42. The van der Waals surface area contributed by atoms with Crippen LogP contribution in [0.15, 0.2) is 0 Å². The van der Waals surface area contributed by atoms with Crippen LogP contribution in [0.4, 0.5) is 0 Å². The fourth-order valence-corrected chi connectivity index (χ4v) is 4.44. The molecular weight excluding hydrogens is 318 g/mol. The standard InChI is InChI=1S/C19H31N3O3/c1-14(2)11-21-13-17(23)22-10-6-9-20(12-16(22)19(21)25)18(24)15-7-4-3-5-8-15/h14-16H,3-13H2,1-2H3. The van der Waals surface area contributed by atoms with Gasteiger partial charge in [0.15, 0.2) is 0 Å². The van der Waals surface area contributed by atoms with Gasteiger partial charge in [-0.1, -0.05) is 33.1 Å². The van der Waals surface area contributed by atoms with Gasteiger partial charge in [0.05, 0.1) is 13.1 Å². The fourth-order valence-electron chi connectivity index (χ4n) is 4.44. The predicted octanol–water partition coefficient (Wildman–Crippen LogP) is 1.49. The Balaban J connectivity index is 1.73. The molecule has 3 fully saturated rings. The zero-order valence-electron chi connectivity index (χ0n) is 15.6. The lowest BCUT2D eigenvalue weighted by Crippen LogP contribution is -2.62. The molecule has 2 saturated heterocycles. The SMILES string of the molecule is CC(C)CN1CC(=O)N2CCCN(C(=O)C3CCCCC3)CC2C1=O. The van der Waals surface area contributed by atoms with Crippen molar-refractivity contribution >= 4 is 17.7 Å². The number of nitrogens with zero attached hydrogens (tertiary/aromatic N) is 3. The Labute approximate surface area is 150 Å². The number of piperazine rings is 1. The van der Waals surface area contributed by atoms with Crippen LogP contribution in [0.25, 0.3) is 0 Å². The summed E-state index contributed by atoms with van der Waals surface area (Å²) in [6.45, 7) is 6.50. The van der Waals surface area contributed by atoms with E-state index in [4.69, 9.17) is 0 Å². The molecule has 6 nitrogen and oxygen atoms in total. The highest BCUT2D eigenvalue weighted by molar-refractivity contribution is 5.95. The first-order valence-corrected chi connectivity index (χ1v) is 9.84. The van der Waals surface area contributed by atoms with Crippen molar-refractivity contribution in [1.82, 2.24) is 14.7 Å². The van der Waals surface area contributed by atoms with Gasteiger partial charge in [0.2, 0.25) is 17.7 Å². The first kappa shape index (κ1) is 18.2. The minimum absolute atomic E-state index is 0.0108. The number of rotatable bonds is 3. The van der Waals surface area contributed by atoms with Gasteiger partial charge in [-0.15, -0.1) is 0 Å². The normalized spacial score (nSPS) is 26.0. The molecule has 2 heterocycles. The van der Waals surface area contributed by atoms with E-state index in [1.807, 2.05) is 4.90 Å². The molecule has 3 amide bonds. The van der Waals surface area contributed by atoms with Gasteiger partial charge in [0.25, 0.3) is 0 Å². The Morgan fingerprint density at radius 1 is 1.08 bits per heavy atom. The third kappa shape index (κ3) is 3.98. The summed E-state index contributed by atoms with van der Waals surface area (Å²) in [6, 6.07) is -0.491. The van der Waals surface area contributed by atoms with Crippen molar-refractivity contribution in [3.63, 3.8) is 0 Å². The number of hydrogen-bond acceptors (Lipinski definition) is 3. The third-order valence-electron chi connectivity index (χ3n) is 5.69. The van der Waals surface area contributed by atoms with Crippen molar-refractivity contribution in [2.24, 2.45) is 11.8 Å². The van der Waals surface area contributed by atoms with Crippen LogP contribution in [0.1, 0.15) is 52.4 Å². The third-order valence-corrected chi connectivity index (χ3v) is 5.69. The molecule has 6 heteroatoms. The van der Waals surface area contributed by atoms with Gasteiger partial charge < -0.3 is 14.7 Å². The van der Waals surface area contributed by atoms with Gasteiger partial charge in [-0.2, -0.15) is 0 Å². The Hall–Kier alpha value is -1.59. The Morgan fingerprint density at radius 3 is 2.48 bits per heavy atom. The molecule has 1 unspecified atom stereocenters. The molecule has 0 radical (unpaired) electrons. The average molecular weight is 349 g/mol. The van der Waals surface area contributed by atoms with E-state index in [0.717, 1.165) is 32.1 Å². The molecule has 2 aliphatic heterocycles. The number of carbonyl (C=O) groups excluding carboxylic acids is 3. The van der Waals surface area contributed by atoms with Gasteiger partial charge in [-0.3, -0.25) is 14.4 Å². The summed E-state index contributed by atoms with van der Waals surface area (Å²) in [6.07, 6.45) is 6.17. The Kier molecular flexibility index (Phi) is 5.64. The lowest BCUT2D eigenvalue weighted by atomic mass is 9.88. The molecule has 0 bridgehead atoms. The first-order valence-electron chi connectivity index (χ1n) is 9.84. The van der Waals surface area contributed by atoms with Gasteiger partial charge in [0, 0.05) is 25.6 Å². The fraction of sp³-hybridized carbons (Fsp3) is 0.842. The molecule has 0 aromatic carbocycles. The minimum Gasteiger partial charge on any atom is -0.340 e. The quantitative estimate of drug-likeness (QED) is 0.776. The van der Waals surface area contributed by atoms with Crippen LogP contribution in [-0.2, 0) is 14.4 Å². The van der Waals surface area contributed by atoms with Crippen molar-refractivity contribution < 1.29 is 14.4 Å². The molecule has 140 valence electrons. The van der Waals surface area contributed by atoms with Crippen LogP contribution >= 0.6 is 0 Å². The molecule has 1 aliphatic carbocycles. The van der Waals surface area contributed by atoms with E-state index in [1.54, 1.807) is 9.80 Å². The maximum atomic E-state index is 12.9. The number of amides is 3. The molecule has 3 aliphatic rings. The summed E-state index contributed by atoms with van der Waals surface area (Å²) < 4.78 is 0. The molecule has 0 aromatic rings. The second-order valence-corrected chi connectivity index (χ2v) is 8.19. The first-order chi connectivity index (χ1) is 12.0. The smallest absolute Gasteiger partial charge is 0.247 e. The van der Waals surface area contributed by atoms with Crippen LogP contribution < -0.4 is 0 Å². The highest BCUT2D eigenvalue weighted by Crippen LogP contribution is 2.27. The summed E-state index contributed by atoms with van der Waals surface area (Å²) in [5.41, 5.74) is 0. The highest BCUT2D eigenvalue weighted by atomic mass is 16.2. The summed E-state index contributed by atoms with van der Waals surface area (Å²) in [5.74, 6) is 0.673. The summed E-state index contributed by atoms with van der Waals surface area (Å²) in [5, 5.41) is 0. The predicted molar refractivity (Wildman–Crippen MR) is 94.7 cm³/mol. The van der Waals surface area contributed by atoms with Crippen LogP contribution in [0.5, 0.6) is 0 Å². The van der Waals surface area contributed by atoms with Crippen molar-refractivity contribution in [2.45, 2.75) is 58.4 Å². The van der Waals surface area contributed by atoms with E-state index in [1.165, 1.54) is 6.42 Å². The van der Waals surface area contributed by atoms with Gasteiger partial charge >= 0.3 is 0 Å². The summed E-state index contributed by atoms with van der Waals surface area (Å²) in [7, 11) is 0. The van der Waals surface area contributed by atoms with E-state index in [9.17, 15) is 14.4 Å². The largest absolute Gasteiger partial charge is 0.340 e.